The van der Waals surface area contributed by atoms with Gasteiger partial charge in [0.2, 0.25) is 5.78 Å². The average molecular weight is 460 g/mol. The van der Waals surface area contributed by atoms with Crippen molar-refractivity contribution in [3.63, 3.8) is 0 Å². The first-order chi connectivity index (χ1) is 15.4. The van der Waals surface area contributed by atoms with E-state index >= 15 is 4.39 Å². The highest BCUT2D eigenvalue weighted by molar-refractivity contribution is 6.01. The largest absolute Gasteiger partial charge is 0.475 e. The van der Waals surface area contributed by atoms with Crippen LogP contribution in [0.3, 0.4) is 0 Å². The van der Waals surface area contributed by atoms with Crippen LogP contribution in [0.5, 0.6) is 0 Å². The zero-order valence-electron chi connectivity index (χ0n) is 19.4. The van der Waals surface area contributed by atoms with Crippen LogP contribution < -0.4 is 0 Å². The summed E-state index contributed by atoms with van der Waals surface area (Å²) in [4.78, 5) is 41.6. The summed E-state index contributed by atoms with van der Waals surface area (Å²) in [5.41, 5.74) is -4.60. The van der Waals surface area contributed by atoms with Gasteiger partial charge < -0.3 is 14.6 Å². The molecule has 33 heavy (non-hydrogen) atoms. The Kier molecular flexibility index (Phi) is 4.65. The lowest BCUT2D eigenvalue weighted by Gasteiger charge is -2.62. The van der Waals surface area contributed by atoms with Crippen LogP contribution in [0.2, 0.25) is 0 Å². The minimum Gasteiger partial charge on any atom is -0.475 e. The second-order valence-electron chi connectivity index (χ2n) is 10.7. The van der Waals surface area contributed by atoms with E-state index in [1.54, 1.807) is 19.9 Å². The first-order valence-electron chi connectivity index (χ1n) is 11.6. The van der Waals surface area contributed by atoms with Gasteiger partial charge in [0, 0.05) is 30.6 Å². The van der Waals surface area contributed by atoms with Gasteiger partial charge in [-0.15, -0.1) is 0 Å². The molecule has 0 spiro atoms. The molecule has 0 aromatic carbocycles. The highest BCUT2D eigenvalue weighted by Gasteiger charge is 2.78. The predicted octanol–water partition coefficient (Wildman–Crippen LogP) is 2.66. The summed E-state index contributed by atoms with van der Waals surface area (Å²) < 4.78 is 28.2. The summed E-state index contributed by atoms with van der Waals surface area (Å²) >= 11 is 0. The zero-order valence-corrected chi connectivity index (χ0v) is 19.4. The van der Waals surface area contributed by atoms with E-state index in [0.717, 1.165) is 0 Å². The molecule has 0 aromatic heterocycles. The number of alkyl halides is 1. The molecular formula is C25H30FNO6. The number of carbonyl (C=O) groups excluding carboxylic acids is 3. The van der Waals surface area contributed by atoms with E-state index in [1.165, 1.54) is 19.1 Å². The SMILES string of the molecule is CC(=O)OCC(=O)[C@]12N=C(C)O[C@H]1C[C@@H]1[C@H]3CCC4=CC(=O)C=C[C@]4(C)[C@]3(F)[C@@H](O)C[C@@]12C. The van der Waals surface area contributed by atoms with Crippen LogP contribution in [0.4, 0.5) is 4.39 Å². The Hall–Kier alpha value is -2.35. The molecule has 0 radical (unpaired) electrons. The maximum absolute atomic E-state index is 17.2. The fourth-order valence-corrected chi connectivity index (χ4v) is 7.85. The van der Waals surface area contributed by atoms with Gasteiger partial charge in [-0.1, -0.05) is 18.6 Å². The molecule has 3 fully saturated rings. The van der Waals surface area contributed by atoms with Crippen molar-refractivity contribution in [2.24, 2.45) is 27.7 Å². The number of Topliss-reactive ketones (excluding diaryl/α,β-unsaturated/α-hetero) is 1. The van der Waals surface area contributed by atoms with Gasteiger partial charge in [0.15, 0.2) is 29.5 Å². The lowest BCUT2D eigenvalue weighted by molar-refractivity contribution is -0.198. The van der Waals surface area contributed by atoms with Gasteiger partial charge >= 0.3 is 5.97 Å². The second kappa shape index (κ2) is 6.84. The number of rotatable bonds is 3. The summed E-state index contributed by atoms with van der Waals surface area (Å²) in [6.07, 6.45) is 3.97. The van der Waals surface area contributed by atoms with Crippen molar-refractivity contribution in [2.75, 3.05) is 6.61 Å². The van der Waals surface area contributed by atoms with Crippen molar-refractivity contribution in [3.05, 3.63) is 23.8 Å². The number of carbonyl (C=O) groups is 3. The van der Waals surface area contributed by atoms with Crippen molar-refractivity contribution < 1.29 is 33.4 Å². The van der Waals surface area contributed by atoms with Crippen LogP contribution in [-0.2, 0) is 23.9 Å². The van der Waals surface area contributed by atoms with Crippen LogP contribution in [0.1, 0.15) is 53.4 Å². The number of ketones is 2. The summed E-state index contributed by atoms with van der Waals surface area (Å²) in [6.45, 7) is 6.13. The third-order valence-corrected chi connectivity index (χ3v) is 9.31. The quantitative estimate of drug-likeness (QED) is 0.651. The molecule has 4 aliphatic carbocycles. The number of esters is 1. The standard InChI is InChI=1S/C25H30FNO6/c1-13-27-25(20(31)12-32-14(2)28)21(33-13)10-18-17-6-5-15-9-16(29)7-8-22(15,3)24(17,26)19(30)11-23(18,25)4/h7-9,17-19,21,30H,5-6,10-12H2,1-4H3/t17-,18-,19+,21+,22+,23+,24-,25+/m1/s1. The summed E-state index contributed by atoms with van der Waals surface area (Å²) in [5.74, 6) is -1.57. The number of aliphatic imine (C=N–C) groups is 1. The monoisotopic (exact) mass is 459 g/mol. The number of aliphatic hydroxyl groups excluding tert-OH is 1. The highest BCUT2D eigenvalue weighted by Crippen LogP contribution is 2.71. The molecule has 7 nitrogen and oxygen atoms in total. The molecule has 178 valence electrons. The molecule has 0 aromatic rings. The molecule has 8 heteroatoms. The van der Waals surface area contributed by atoms with Gasteiger partial charge in [-0.05, 0) is 50.7 Å². The lowest BCUT2D eigenvalue weighted by atomic mass is 9.44. The minimum absolute atomic E-state index is 0.0117. The Labute approximate surface area is 192 Å². The Balaban J connectivity index is 1.60. The van der Waals surface area contributed by atoms with E-state index in [9.17, 15) is 19.5 Å². The number of fused-ring (bicyclic) bond motifs is 7. The number of nitrogens with zero attached hydrogens (tertiary/aromatic N) is 1. The van der Waals surface area contributed by atoms with Gasteiger partial charge in [0.25, 0.3) is 0 Å². The van der Waals surface area contributed by atoms with E-state index in [0.29, 0.717) is 30.7 Å². The first-order valence-corrected chi connectivity index (χ1v) is 11.6. The van der Waals surface area contributed by atoms with Crippen molar-refractivity contribution in [1.82, 2.24) is 0 Å². The van der Waals surface area contributed by atoms with E-state index < -0.39 is 52.7 Å². The number of allylic oxidation sites excluding steroid dienone is 4. The van der Waals surface area contributed by atoms with Crippen molar-refractivity contribution >= 4 is 23.4 Å². The average Bonchev–Trinajstić information content (AvgIpc) is 3.19. The van der Waals surface area contributed by atoms with E-state index in [-0.39, 0.29) is 23.9 Å². The molecule has 1 aliphatic heterocycles. The summed E-state index contributed by atoms with van der Waals surface area (Å²) in [7, 11) is 0. The Bertz CT molecular complexity index is 1050. The molecule has 1 N–H and O–H groups in total. The number of ether oxygens (including phenoxy) is 2. The Morgan fingerprint density at radius 3 is 2.76 bits per heavy atom. The normalized spacial score (nSPS) is 47.4. The molecule has 5 aliphatic rings. The van der Waals surface area contributed by atoms with Crippen LogP contribution in [0.25, 0.3) is 0 Å². The van der Waals surface area contributed by atoms with Crippen LogP contribution in [-0.4, -0.2) is 58.6 Å². The fourth-order valence-electron chi connectivity index (χ4n) is 7.85. The molecule has 5 rings (SSSR count). The number of hydrogen-bond donors (Lipinski definition) is 1. The van der Waals surface area contributed by atoms with Crippen LogP contribution in [0, 0.1) is 22.7 Å². The van der Waals surface area contributed by atoms with Gasteiger partial charge in [-0.25, -0.2) is 9.38 Å². The molecule has 0 amide bonds. The van der Waals surface area contributed by atoms with Gasteiger partial charge in [0.05, 0.1) is 6.10 Å². The number of halogens is 1. The molecule has 0 saturated heterocycles. The lowest BCUT2D eigenvalue weighted by Crippen LogP contribution is -2.69. The summed E-state index contributed by atoms with van der Waals surface area (Å²) in [5, 5.41) is 11.4. The van der Waals surface area contributed by atoms with Gasteiger partial charge in [-0.3, -0.25) is 14.4 Å². The van der Waals surface area contributed by atoms with E-state index in [4.69, 9.17) is 9.47 Å². The van der Waals surface area contributed by atoms with Crippen molar-refractivity contribution in [2.45, 2.75) is 76.8 Å². The van der Waals surface area contributed by atoms with Crippen molar-refractivity contribution in [1.29, 1.82) is 0 Å². The molecule has 0 bridgehead atoms. The minimum atomic E-state index is -1.99. The van der Waals surface area contributed by atoms with Gasteiger partial charge in [-0.2, -0.15) is 0 Å². The maximum Gasteiger partial charge on any atom is 0.303 e. The number of aliphatic hydroxyl groups is 1. The molecule has 8 atom stereocenters. The highest BCUT2D eigenvalue weighted by atomic mass is 19.1. The molecule has 1 heterocycles. The Morgan fingerprint density at radius 1 is 1.33 bits per heavy atom. The second-order valence-corrected chi connectivity index (χ2v) is 10.7. The first kappa shape index (κ1) is 22.4. The van der Waals surface area contributed by atoms with Gasteiger partial charge in [0.1, 0.15) is 6.10 Å². The van der Waals surface area contributed by atoms with Crippen molar-refractivity contribution in [3.8, 4) is 0 Å². The third-order valence-electron chi connectivity index (χ3n) is 9.31. The number of hydrogen-bond acceptors (Lipinski definition) is 7. The molecule has 3 saturated carbocycles. The topological polar surface area (TPSA) is 102 Å². The van der Waals surface area contributed by atoms with Crippen LogP contribution in [0.15, 0.2) is 28.8 Å². The van der Waals surface area contributed by atoms with Crippen LogP contribution >= 0.6 is 0 Å². The smallest absolute Gasteiger partial charge is 0.303 e. The van der Waals surface area contributed by atoms with E-state index in [2.05, 4.69) is 4.99 Å². The third kappa shape index (κ3) is 2.58. The molecule has 0 unspecified atom stereocenters. The maximum atomic E-state index is 17.2. The predicted molar refractivity (Wildman–Crippen MR) is 116 cm³/mol. The fraction of sp³-hybridized carbons (Fsp3) is 0.680. The summed E-state index contributed by atoms with van der Waals surface area (Å²) in [6, 6.07) is 0. The Morgan fingerprint density at radius 2 is 2.06 bits per heavy atom. The van der Waals surface area contributed by atoms with E-state index in [1.807, 2.05) is 6.92 Å². The molecular weight excluding hydrogens is 429 g/mol. The zero-order chi connectivity index (χ0) is 24.0.